The number of carboxylic acid groups (broad SMARTS) is 1. The SMILES string of the molecule is COCCC(NC(=O)NCc1ccc(C#N)cc1)C(=O)O. The second-order valence-electron chi connectivity index (χ2n) is 4.31. The van der Waals surface area contributed by atoms with Crippen LogP contribution in [0.2, 0.25) is 0 Å². The lowest BCUT2D eigenvalue weighted by Gasteiger charge is -2.14. The number of nitrogens with one attached hydrogen (secondary N) is 2. The van der Waals surface area contributed by atoms with Gasteiger partial charge in [0.2, 0.25) is 0 Å². The zero-order valence-corrected chi connectivity index (χ0v) is 11.6. The van der Waals surface area contributed by atoms with Crippen LogP contribution >= 0.6 is 0 Å². The Kier molecular flexibility index (Phi) is 6.71. The van der Waals surface area contributed by atoms with E-state index >= 15 is 0 Å². The molecule has 0 radical (unpaired) electrons. The molecule has 1 aromatic carbocycles. The van der Waals surface area contributed by atoms with Crippen LogP contribution in [0.25, 0.3) is 0 Å². The van der Waals surface area contributed by atoms with Crippen LogP contribution in [0.4, 0.5) is 4.79 Å². The van der Waals surface area contributed by atoms with Crippen LogP contribution in [0.1, 0.15) is 17.5 Å². The summed E-state index contributed by atoms with van der Waals surface area (Å²) in [5.41, 5.74) is 1.35. The zero-order valence-electron chi connectivity index (χ0n) is 11.6. The van der Waals surface area contributed by atoms with Crippen LogP contribution in [-0.2, 0) is 16.1 Å². The number of hydrogen-bond acceptors (Lipinski definition) is 4. The average Bonchev–Trinajstić information content (AvgIpc) is 2.49. The summed E-state index contributed by atoms with van der Waals surface area (Å²) < 4.78 is 4.79. The maximum absolute atomic E-state index is 11.6. The van der Waals surface area contributed by atoms with E-state index in [4.69, 9.17) is 15.1 Å². The number of ether oxygens (including phenoxy) is 1. The van der Waals surface area contributed by atoms with Gasteiger partial charge < -0.3 is 20.5 Å². The van der Waals surface area contributed by atoms with E-state index in [1.165, 1.54) is 7.11 Å². The number of urea groups is 1. The third-order valence-electron chi connectivity index (χ3n) is 2.75. The van der Waals surface area contributed by atoms with Gasteiger partial charge in [-0.25, -0.2) is 9.59 Å². The van der Waals surface area contributed by atoms with Crippen LogP contribution in [0.3, 0.4) is 0 Å². The second-order valence-corrected chi connectivity index (χ2v) is 4.31. The predicted octanol–water partition coefficient (Wildman–Crippen LogP) is 0.847. The lowest BCUT2D eigenvalue weighted by Crippen LogP contribution is -2.46. The van der Waals surface area contributed by atoms with E-state index in [1.807, 2.05) is 6.07 Å². The first-order chi connectivity index (χ1) is 10.1. The molecule has 0 aliphatic carbocycles. The van der Waals surface area contributed by atoms with Gasteiger partial charge in [-0.3, -0.25) is 0 Å². The second kappa shape index (κ2) is 8.55. The van der Waals surface area contributed by atoms with Crippen molar-refractivity contribution in [3.63, 3.8) is 0 Å². The Balaban J connectivity index is 2.44. The van der Waals surface area contributed by atoms with Crippen molar-refractivity contribution in [1.82, 2.24) is 10.6 Å². The molecule has 1 aromatic rings. The van der Waals surface area contributed by atoms with E-state index in [0.29, 0.717) is 5.56 Å². The number of benzene rings is 1. The van der Waals surface area contributed by atoms with Crippen molar-refractivity contribution >= 4 is 12.0 Å². The van der Waals surface area contributed by atoms with Crippen molar-refractivity contribution in [2.45, 2.75) is 19.0 Å². The van der Waals surface area contributed by atoms with Crippen molar-refractivity contribution in [3.05, 3.63) is 35.4 Å². The largest absolute Gasteiger partial charge is 0.480 e. The molecule has 3 N–H and O–H groups in total. The first-order valence-electron chi connectivity index (χ1n) is 6.32. The Morgan fingerprint density at radius 3 is 2.57 bits per heavy atom. The van der Waals surface area contributed by atoms with Crippen LogP contribution in [0.5, 0.6) is 0 Å². The van der Waals surface area contributed by atoms with Crippen LogP contribution in [-0.4, -0.2) is 36.9 Å². The molecule has 0 heterocycles. The van der Waals surface area contributed by atoms with Crippen LogP contribution in [0.15, 0.2) is 24.3 Å². The molecule has 7 nitrogen and oxygen atoms in total. The molecular weight excluding hydrogens is 274 g/mol. The molecule has 21 heavy (non-hydrogen) atoms. The van der Waals surface area contributed by atoms with Gasteiger partial charge in [0, 0.05) is 26.7 Å². The van der Waals surface area contributed by atoms with E-state index in [1.54, 1.807) is 24.3 Å². The number of rotatable bonds is 7. The van der Waals surface area contributed by atoms with Gasteiger partial charge in [-0.15, -0.1) is 0 Å². The highest BCUT2D eigenvalue weighted by Crippen LogP contribution is 2.02. The number of carboxylic acids is 1. The highest BCUT2D eigenvalue weighted by atomic mass is 16.5. The summed E-state index contributed by atoms with van der Waals surface area (Å²) in [6, 6.07) is 7.17. The van der Waals surface area contributed by atoms with Crippen molar-refractivity contribution in [3.8, 4) is 6.07 Å². The monoisotopic (exact) mass is 291 g/mol. The van der Waals surface area contributed by atoms with Gasteiger partial charge in [0.05, 0.1) is 11.6 Å². The molecule has 0 aliphatic rings. The molecule has 2 amide bonds. The van der Waals surface area contributed by atoms with E-state index in [2.05, 4.69) is 10.6 Å². The zero-order chi connectivity index (χ0) is 15.7. The smallest absolute Gasteiger partial charge is 0.326 e. The highest BCUT2D eigenvalue weighted by Gasteiger charge is 2.19. The number of aliphatic carboxylic acids is 1. The number of hydrogen-bond donors (Lipinski definition) is 3. The van der Waals surface area contributed by atoms with Gasteiger partial charge in [-0.2, -0.15) is 5.26 Å². The Hall–Kier alpha value is -2.59. The molecule has 0 saturated carbocycles. The topological polar surface area (TPSA) is 111 Å². The Labute approximate surface area is 122 Å². The third-order valence-corrected chi connectivity index (χ3v) is 2.75. The summed E-state index contributed by atoms with van der Waals surface area (Å²) >= 11 is 0. The first-order valence-corrected chi connectivity index (χ1v) is 6.32. The van der Waals surface area contributed by atoms with E-state index < -0.39 is 18.0 Å². The van der Waals surface area contributed by atoms with Crippen molar-refractivity contribution in [2.24, 2.45) is 0 Å². The standard InChI is InChI=1S/C14H17N3O4/c1-21-7-6-12(13(18)19)17-14(20)16-9-11-4-2-10(8-15)3-5-11/h2-5,12H,6-7,9H2,1H3,(H,18,19)(H2,16,17,20). The Morgan fingerprint density at radius 2 is 2.05 bits per heavy atom. The Bertz CT molecular complexity index is 522. The normalized spacial score (nSPS) is 11.2. The fourth-order valence-corrected chi connectivity index (χ4v) is 1.58. The predicted molar refractivity (Wildman–Crippen MR) is 74.4 cm³/mol. The minimum Gasteiger partial charge on any atom is -0.480 e. The summed E-state index contributed by atoms with van der Waals surface area (Å²) in [6.45, 7) is 0.487. The first kappa shape index (κ1) is 16.5. The fraction of sp³-hybridized carbons (Fsp3) is 0.357. The molecule has 7 heteroatoms. The number of carbonyl (C=O) groups excluding carboxylic acids is 1. The average molecular weight is 291 g/mol. The molecule has 1 rings (SSSR count). The molecular formula is C14H17N3O4. The number of amides is 2. The molecule has 1 unspecified atom stereocenters. The molecule has 0 spiro atoms. The van der Waals surface area contributed by atoms with Crippen molar-refractivity contribution < 1.29 is 19.4 Å². The maximum atomic E-state index is 11.6. The number of nitrogens with zero attached hydrogens (tertiary/aromatic N) is 1. The molecule has 1 atom stereocenters. The summed E-state index contributed by atoms with van der Waals surface area (Å²) in [5, 5.41) is 22.6. The summed E-state index contributed by atoms with van der Waals surface area (Å²) in [5.74, 6) is -1.11. The number of nitriles is 1. The minimum absolute atomic E-state index is 0.191. The number of methoxy groups -OCH3 is 1. The quantitative estimate of drug-likeness (QED) is 0.689. The summed E-state index contributed by atoms with van der Waals surface area (Å²) in [7, 11) is 1.46. The van der Waals surface area contributed by atoms with E-state index in [-0.39, 0.29) is 19.6 Å². The highest BCUT2D eigenvalue weighted by molar-refractivity contribution is 5.82. The minimum atomic E-state index is -1.11. The Morgan fingerprint density at radius 1 is 1.38 bits per heavy atom. The van der Waals surface area contributed by atoms with E-state index in [0.717, 1.165) is 5.56 Å². The number of carbonyl (C=O) groups is 2. The van der Waals surface area contributed by atoms with E-state index in [9.17, 15) is 9.59 Å². The van der Waals surface area contributed by atoms with Gasteiger partial charge in [0.1, 0.15) is 6.04 Å². The summed E-state index contributed by atoms with van der Waals surface area (Å²) in [4.78, 5) is 22.6. The lowest BCUT2D eigenvalue weighted by molar-refractivity contribution is -0.139. The molecule has 0 saturated heterocycles. The molecule has 112 valence electrons. The van der Waals surface area contributed by atoms with Gasteiger partial charge >= 0.3 is 12.0 Å². The van der Waals surface area contributed by atoms with Crippen molar-refractivity contribution in [2.75, 3.05) is 13.7 Å². The van der Waals surface area contributed by atoms with Crippen LogP contribution in [0, 0.1) is 11.3 Å². The van der Waals surface area contributed by atoms with Gasteiger partial charge in [0.25, 0.3) is 0 Å². The summed E-state index contributed by atoms with van der Waals surface area (Å²) in [6.07, 6.45) is 0.191. The molecule has 0 fully saturated rings. The molecule has 0 aromatic heterocycles. The molecule has 0 bridgehead atoms. The van der Waals surface area contributed by atoms with Gasteiger partial charge in [-0.05, 0) is 17.7 Å². The van der Waals surface area contributed by atoms with Gasteiger partial charge in [-0.1, -0.05) is 12.1 Å². The van der Waals surface area contributed by atoms with Gasteiger partial charge in [0.15, 0.2) is 0 Å². The maximum Gasteiger partial charge on any atom is 0.326 e. The molecule has 0 aliphatic heterocycles. The fourth-order valence-electron chi connectivity index (χ4n) is 1.58. The third kappa shape index (κ3) is 5.93. The lowest BCUT2D eigenvalue weighted by atomic mass is 10.1. The van der Waals surface area contributed by atoms with Crippen LogP contribution < -0.4 is 10.6 Å². The van der Waals surface area contributed by atoms with Crippen molar-refractivity contribution in [1.29, 1.82) is 5.26 Å².